The second-order valence-corrected chi connectivity index (χ2v) is 6.47. The van der Waals surface area contributed by atoms with E-state index in [9.17, 15) is 5.21 Å². The lowest BCUT2D eigenvalue weighted by atomic mass is 9.88. The van der Waals surface area contributed by atoms with Crippen molar-refractivity contribution in [3.05, 3.63) is 71.8 Å². The Bertz CT molecular complexity index is 591. The normalized spacial score (nSPS) is 27.5. The van der Waals surface area contributed by atoms with Gasteiger partial charge < -0.3 is 14.7 Å². The number of ether oxygens (including phenoxy) is 2. The molecule has 1 N–H and O–H groups in total. The fraction of sp³-hybridized carbons (Fsp3) is 0.400. The molecule has 4 heteroatoms. The van der Waals surface area contributed by atoms with Gasteiger partial charge in [-0.05, 0) is 24.0 Å². The highest BCUT2D eigenvalue weighted by Crippen LogP contribution is 2.51. The molecule has 0 amide bonds. The van der Waals surface area contributed by atoms with Crippen molar-refractivity contribution in [3.63, 3.8) is 0 Å². The zero-order chi connectivity index (χ0) is 17.0. The van der Waals surface area contributed by atoms with Crippen LogP contribution in [0.15, 0.2) is 60.7 Å². The minimum Gasteiger partial charge on any atom is -0.382 e. The Kier molecular flexibility index (Phi) is 5.01. The summed E-state index contributed by atoms with van der Waals surface area (Å²) in [5.41, 5.74) is 0.959. The molecule has 0 bridgehead atoms. The van der Waals surface area contributed by atoms with E-state index in [0.29, 0.717) is 13.2 Å². The topological polar surface area (TPSA) is 41.9 Å². The average Bonchev–Trinajstić information content (AvgIpc) is 2.92. The minimum atomic E-state index is -0.579. The van der Waals surface area contributed by atoms with Gasteiger partial charge in [0.15, 0.2) is 0 Å². The number of hydrogen-bond donors (Lipinski definition) is 1. The first-order valence-electron chi connectivity index (χ1n) is 8.28. The van der Waals surface area contributed by atoms with Crippen LogP contribution in [0.25, 0.3) is 0 Å². The first-order chi connectivity index (χ1) is 11.7. The van der Waals surface area contributed by atoms with Gasteiger partial charge >= 0.3 is 0 Å². The molecule has 128 valence electrons. The van der Waals surface area contributed by atoms with Crippen molar-refractivity contribution in [2.75, 3.05) is 27.4 Å². The molecule has 1 saturated heterocycles. The third-order valence-electron chi connectivity index (χ3n) is 5.15. The third-order valence-corrected chi connectivity index (χ3v) is 5.15. The largest absolute Gasteiger partial charge is 0.382 e. The van der Waals surface area contributed by atoms with Gasteiger partial charge in [0.25, 0.3) is 0 Å². The molecule has 0 aliphatic carbocycles. The molecule has 4 nitrogen and oxygen atoms in total. The quantitative estimate of drug-likeness (QED) is 0.881. The standard InChI is InChI=1S/C20H25NO3/c1-23-15-19(17-9-5-3-6-10-17)13-14-20(16-24-2,21(19)22)18-11-7-4-8-12-18/h3-12,22H,13-16H2,1-2H3/t19-,20-/m0/s1. The molecule has 1 fully saturated rings. The predicted octanol–water partition coefficient (Wildman–Crippen LogP) is 3.56. The molecule has 24 heavy (non-hydrogen) atoms. The summed E-state index contributed by atoms with van der Waals surface area (Å²) in [5, 5.41) is 12.9. The lowest BCUT2D eigenvalue weighted by molar-refractivity contribution is -0.241. The van der Waals surface area contributed by atoms with Crippen LogP contribution in [0.2, 0.25) is 0 Å². The maximum atomic E-state index is 11.4. The highest BCUT2D eigenvalue weighted by atomic mass is 16.5. The smallest absolute Gasteiger partial charge is 0.0953 e. The summed E-state index contributed by atoms with van der Waals surface area (Å²) < 4.78 is 11.0. The molecular weight excluding hydrogens is 302 g/mol. The van der Waals surface area contributed by atoms with Gasteiger partial charge in [-0.15, -0.1) is 0 Å². The van der Waals surface area contributed by atoms with E-state index in [1.807, 2.05) is 36.4 Å². The number of hydroxylamine groups is 2. The lowest BCUT2D eigenvalue weighted by Crippen LogP contribution is -2.53. The van der Waals surface area contributed by atoms with Crippen LogP contribution in [-0.2, 0) is 20.6 Å². The lowest BCUT2D eigenvalue weighted by Gasteiger charge is -2.42. The maximum Gasteiger partial charge on any atom is 0.0953 e. The minimum absolute atomic E-state index is 0.422. The van der Waals surface area contributed by atoms with Crippen molar-refractivity contribution < 1.29 is 14.7 Å². The van der Waals surface area contributed by atoms with Crippen LogP contribution >= 0.6 is 0 Å². The van der Waals surface area contributed by atoms with Crippen LogP contribution < -0.4 is 0 Å². The molecule has 1 aliphatic heterocycles. The Hall–Kier alpha value is -1.72. The van der Waals surface area contributed by atoms with Crippen LogP contribution in [0.4, 0.5) is 0 Å². The van der Waals surface area contributed by atoms with Crippen molar-refractivity contribution in [2.45, 2.75) is 23.9 Å². The van der Waals surface area contributed by atoms with Gasteiger partial charge in [0.2, 0.25) is 0 Å². The van der Waals surface area contributed by atoms with Crippen LogP contribution in [0.5, 0.6) is 0 Å². The Morgan fingerprint density at radius 1 is 0.792 bits per heavy atom. The second kappa shape index (κ2) is 7.03. The van der Waals surface area contributed by atoms with Gasteiger partial charge in [-0.1, -0.05) is 60.7 Å². The molecule has 1 aliphatic rings. The number of benzene rings is 2. The van der Waals surface area contributed by atoms with Crippen molar-refractivity contribution in [1.82, 2.24) is 5.06 Å². The van der Waals surface area contributed by atoms with Crippen molar-refractivity contribution in [3.8, 4) is 0 Å². The van der Waals surface area contributed by atoms with Crippen molar-refractivity contribution in [1.29, 1.82) is 0 Å². The zero-order valence-corrected chi connectivity index (χ0v) is 14.3. The van der Waals surface area contributed by atoms with Crippen molar-refractivity contribution in [2.24, 2.45) is 0 Å². The molecule has 0 spiro atoms. The molecule has 2 aromatic carbocycles. The van der Waals surface area contributed by atoms with Crippen LogP contribution in [0, 0.1) is 0 Å². The molecule has 0 radical (unpaired) electrons. The van der Waals surface area contributed by atoms with Crippen molar-refractivity contribution >= 4 is 0 Å². The van der Waals surface area contributed by atoms with Crippen LogP contribution in [0.3, 0.4) is 0 Å². The number of methoxy groups -OCH3 is 2. The molecule has 2 aromatic rings. The summed E-state index contributed by atoms with van der Waals surface area (Å²) >= 11 is 0. The highest BCUT2D eigenvalue weighted by Gasteiger charge is 2.56. The summed E-state index contributed by atoms with van der Waals surface area (Å²) in [7, 11) is 3.36. The average molecular weight is 327 g/mol. The van der Waals surface area contributed by atoms with E-state index < -0.39 is 11.1 Å². The van der Waals surface area contributed by atoms with Gasteiger partial charge in [-0.3, -0.25) is 0 Å². The third kappa shape index (κ3) is 2.66. The Labute approximate surface area is 143 Å². The maximum absolute atomic E-state index is 11.4. The van der Waals surface area contributed by atoms with E-state index in [-0.39, 0.29) is 0 Å². The monoisotopic (exact) mass is 327 g/mol. The van der Waals surface area contributed by atoms with Gasteiger partial charge in [0.05, 0.1) is 24.3 Å². The van der Waals surface area contributed by atoms with Gasteiger partial charge in [0, 0.05) is 14.2 Å². The Morgan fingerprint density at radius 3 is 1.50 bits per heavy atom. The van der Waals surface area contributed by atoms with E-state index in [1.165, 1.54) is 5.06 Å². The summed E-state index contributed by atoms with van der Waals surface area (Å²) in [6.07, 6.45) is 1.58. The fourth-order valence-electron chi connectivity index (χ4n) is 3.98. The van der Waals surface area contributed by atoms with Gasteiger partial charge in [-0.25, -0.2) is 0 Å². The van der Waals surface area contributed by atoms with E-state index in [4.69, 9.17) is 9.47 Å². The molecule has 2 atom stereocenters. The molecule has 3 rings (SSSR count). The Morgan fingerprint density at radius 2 is 1.17 bits per heavy atom. The molecule has 0 saturated carbocycles. The van der Waals surface area contributed by atoms with Gasteiger partial charge in [0.1, 0.15) is 0 Å². The summed E-state index contributed by atoms with van der Waals surface area (Å²) in [6, 6.07) is 20.2. The summed E-state index contributed by atoms with van der Waals surface area (Å²) in [4.78, 5) is 0. The molecule has 0 unspecified atom stereocenters. The van der Waals surface area contributed by atoms with Crippen LogP contribution in [0.1, 0.15) is 24.0 Å². The number of hydrogen-bond acceptors (Lipinski definition) is 4. The molecule has 0 aromatic heterocycles. The Balaban J connectivity index is 2.09. The highest BCUT2D eigenvalue weighted by molar-refractivity contribution is 5.33. The van der Waals surface area contributed by atoms with E-state index in [2.05, 4.69) is 24.3 Å². The van der Waals surface area contributed by atoms with E-state index >= 15 is 0 Å². The SMILES string of the molecule is COC[C@]1(c2ccccc2)CC[C@](COC)(c2ccccc2)N1O. The number of rotatable bonds is 6. The van der Waals surface area contributed by atoms with Crippen LogP contribution in [-0.4, -0.2) is 37.7 Å². The van der Waals surface area contributed by atoms with E-state index in [0.717, 1.165) is 24.0 Å². The predicted molar refractivity (Wildman–Crippen MR) is 92.9 cm³/mol. The first-order valence-corrected chi connectivity index (χ1v) is 8.28. The molecule has 1 heterocycles. The summed E-state index contributed by atoms with van der Waals surface area (Å²) in [5.74, 6) is 0. The fourth-order valence-corrected chi connectivity index (χ4v) is 3.98. The molecular formula is C20H25NO3. The first kappa shape index (κ1) is 17.1. The van der Waals surface area contributed by atoms with E-state index in [1.54, 1.807) is 14.2 Å². The summed E-state index contributed by atoms with van der Waals surface area (Å²) in [6.45, 7) is 0.845. The zero-order valence-electron chi connectivity index (χ0n) is 14.3. The van der Waals surface area contributed by atoms with Gasteiger partial charge in [-0.2, -0.15) is 5.06 Å². The number of nitrogens with zero attached hydrogens (tertiary/aromatic N) is 1. The second-order valence-electron chi connectivity index (χ2n) is 6.47.